The van der Waals surface area contributed by atoms with Gasteiger partial charge in [-0.1, -0.05) is 176 Å². The van der Waals surface area contributed by atoms with Crippen molar-refractivity contribution in [3.05, 3.63) is 200 Å². The van der Waals surface area contributed by atoms with E-state index in [4.69, 9.17) is 19.4 Å². The van der Waals surface area contributed by atoms with E-state index in [-0.39, 0.29) is 0 Å². The number of para-hydroxylation sites is 2. The van der Waals surface area contributed by atoms with Crippen LogP contribution in [0.5, 0.6) is 0 Å². The summed E-state index contributed by atoms with van der Waals surface area (Å²) in [5, 5.41) is 2.18. The minimum atomic E-state index is 0.594. The second-order valence-electron chi connectivity index (χ2n) is 13.6. The van der Waals surface area contributed by atoms with Crippen molar-refractivity contribution in [2.75, 3.05) is 0 Å². The first-order valence-corrected chi connectivity index (χ1v) is 18.4. The summed E-state index contributed by atoms with van der Waals surface area (Å²) in [6.45, 7) is 0. The molecule has 0 aliphatic heterocycles. The van der Waals surface area contributed by atoms with E-state index in [9.17, 15) is 0 Å². The number of aromatic nitrogens is 3. The van der Waals surface area contributed by atoms with Crippen LogP contribution in [0.3, 0.4) is 0 Å². The van der Waals surface area contributed by atoms with Gasteiger partial charge in [-0.3, -0.25) is 0 Å². The highest BCUT2D eigenvalue weighted by Gasteiger charge is 2.18. The second-order valence-corrected chi connectivity index (χ2v) is 13.6. The van der Waals surface area contributed by atoms with Gasteiger partial charge in [0.15, 0.2) is 17.5 Å². The normalized spacial score (nSPS) is 11.3. The van der Waals surface area contributed by atoms with E-state index in [0.29, 0.717) is 17.5 Å². The van der Waals surface area contributed by atoms with E-state index in [1.54, 1.807) is 0 Å². The smallest absolute Gasteiger partial charge is 0.164 e. The van der Waals surface area contributed by atoms with Crippen molar-refractivity contribution in [3.63, 3.8) is 0 Å². The Hall–Kier alpha value is -7.43. The molecule has 2 aromatic heterocycles. The van der Waals surface area contributed by atoms with E-state index in [1.165, 1.54) is 11.1 Å². The fraction of sp³-hybridized carbons (Fsp3) is 0. The number of benzene rings is 8. The Kier molecular flexibility index (Phi) is 8.12. The Morgan fingerprint density at radius 1 is 0.273 bits per heavy atom. The molecule has 55 heavy (non-hydrogen) atoms. The molecule has 0 bridgehead atoms. The molecule has 0 radical (unpaired) electrons. The van der Waals surface area contributed by atoms with Gasteiger partial charge in [-0.15, -0.1) is 0 Å². The van der Waals surface area contributed by atoms with Crippen LogP contribution in [0.25, 0.3) is 101 Å². The minimum absolute atomic E-state index is 0.594. The molecule has 258 valence electrons. The van der Waals surface area contributed by atoms with Gasteiger partial charge in [0, 0.05) is 33.0 Å². The Labute approximate surface area is 319 Å². The second kappa shape index (κ2) is 13.8. The fourth-order valence-corrected chi connectivity index (χ4v) is 7.33. The average molecular weight is 704 g/mol. The molecular formula is C51H33N3O. The van der Waals surface area contributed by atoms with Crippen LogP contribution in [0.15, 0.2) is 205 Å². The molecule has 10 aromatic rings. The van der Waals surface area contributed by atoms with E-state index in [2.05, 4.69) is 146 Å². The van der Waals surface area contributed by atoms with Crippen molar-refractivity contribution < 1.29 is 4.42 Å². The van der Waals surface area contributed by atoms with Gasteiger partial charge in [-0.05, 0) is 63.2 Å². The topological polar surface area (TPSA) is 51.8 Å². The average Bonchev–Trinajstić information content (AvgIpc) is 3.66. The third-order valence-corrected chi connectivity index (χ3v) is 10.1. The Balaban J connectivity index is 1.16. The maximum Gasteiger partial charge on any atom is 0.164 e. The third kappa shape index (κ3) is 6.26. The molecule has 0 atom stereocenters. The number of nitrogens with zero attached hydrogens (tertiary/aromatic N) is 3. The van der Waals surface area contributed by atoms with Crippen molar-refractivity contribution in [2.24, 2.45) is 0 Å². The summed E-state index contributed by atoms with van der Waals surface area (Å²) in [7, 11) is 0. The first-order chi connectivity index (χ1) is 27.2. The van der Waals surface area contributed by atoms with Crippen LogP contribution in [-0.2, 0) is 0 Å². The van der Waals surface area contributed by atoms with Gasteiger partial charge in [-0.2, -0.15) is 0 Å². The quantitative estimate of drug-likeness (QED) is 0.166. The van der Waals surface area contributed by atoms with Crippen LogP contribution in [0.2, 0.25) is 0 Å². The molecule has 0 N–H and O–H groups in total. The van der Waals surface area contributed by atoms with Gasteiger partial charge in [0.2, 0.25) is 0 Å². The molecule has 4 heteroatoms. The van der Waals surface area contributed by atoms with Crippen molar-refractivity contribution in [1.82, 2.24) is 15.0 Å². The largest absolute Gasteiger partial charge is 0.455 e. The molecule has 0 saturated heterocycles. The zero-order chi connectivity index (χ0) is 36.6. The highest BCUT2D eigenvalue weighted by Crippen LogP contribution is 2.39. The molecule has 10 rings (SSSR count). The van der Waals surface area contributed by atoms with Gasteiger partial charge in [0.25, 0.3) is 0 Å². The minimum Gasteiger partial charge on any atom is -0.455 e. The molecule has 2 heterocycles. The summed E-state index contributed by atoms with van der Waals surface area (Å²) in [6.07, 6.45) is 0. The summed E-state index contributed by atoms with van der Waals surface area (Å²) in [6, 6.07) is 69.3. The van der Waals surface area contributed by atoms with Crippen LogP contribution in [0.4, 0.5) is 0 Å². The van der Waals surface area contributed by atoms with E-state index < -0.39 is 0 Å². The maximum absolute atomic E-state index is 6.55. The zero-order valence-corrected chi connectivity index (χ0v) is 29.8. The van der Waals surface area contributed by atoms with Crippen molar-refractivity contribution in [3.8, 4) is 78.7 Å². The Morgan fingerprint density at radius 3 is 1.27 bits per heavy atom. The summed E-state index contributed by atoms with van der Waals surface area (Å²) >= 11 is 0. The number of furan rings is 1. The SMILES string of the molecule is c1ccc(-c2ccc(-c3cc(-c4nc(-c5ccccc5)nc(-c5ccc(-c6ccccc6)cc5)n4)cc(-c4cccc5c4oc4ccccc45)c3)cc2)cc1. The molecule has 0 spiro atoms. The third-order valence-electron chi connectivity index (χ3n) is 10.1. The van der Waals surface area contributed by atoms with Crippen LogP contribution >= 0.6 is 0 Å². The molecule has 8 aromatic carbocycles. The molecule has 4 nitrogen and oxygen atoms in total. The molecule has 0 aliphatic carbocycles. The lowest BCUT2D eigenvalue weighted by atomic mass is 9.94. The number of hydrogen-bond acceptors (Lipinski definition) is 4. The lowest BCUT2D eigenvalue weighted by molar-refractivity contribution is 0.670. The van der Waals surface area contributed by atoms with Crippen LogP contribution < -0.4 is 0 Å². The zero-order valence-electron chi connectivity index (χ0n) is 29.8. The maximum atomic E-state index is 6.55. The van der Waals surface area contributed by atoms with Gasteiger partial charge in [0.1, 0.15) is 11.2 Å². The number of rotatable bonds is 7. The molecular weight excluding hydrogens is 671 g/mol. The summed E-state index contributed by atoms with van der Waals surface area (Å²) in [4.78, 5) is 15.3. The molecule has 0 unspecified atom stereocenters. The highest BCUT2D eigenvalue weighted by atomic mass is 16.3. The number of fused-ring (bicyclic) bond motifs is 3. The highest BCUT2D eigenvalue weighted by molar-refractivity contribution is 6.09. The summed E-state index contributed by atoms with van der Waals surface area (Å²) in [5.74, 6) is 1.82. The Morgan fingerprint density at radius 2 is 0.673 bits per heavy atom. The standard InChI is InChI=1S/C51H33N3O/c1-4-13-34(14-5-1)36-23-25-38(26-24-36)41-31-42(44-20-12-21-46-45-19-10-11-22-47(45)55-48(44)46)33-43(32-41)51-53-49(39-17-8-3-9-18-39)52-50(54-51)40-29-27-37(28-30-40)35-15-6-2-7-16-35/h1-33H. The lowest BCUT2D eigenvalue weighted by Crippen LogP contribution is -2.00. The van der Waals surface area contributed by atoms with Gasteiger partial charge < -0.3 is 4.42 Å². The first-order valence-electron chi connectivity index (χ1n) is 18.4. The first kappa shape index (κ1) is 32.2. The van der Waals surface area contributed by atoms with Crippen LogP contribution in [0, 0.1) is 0 Å². The van der Waals surface area contributed by atoms with Gasteiger partial charge >= 0.3 is 0 Å². The summed E-state index contributed by atoms with van der Waals surface area (Å²) < 4.78 is 6.55. The summed E-state index contributed by atoms with van der Waals surface area (Å²) in [5.41, 5.74) is 13.3. The van der Waals surface area contributed by atoms with Crippen LogP contribution in [-0.4, -0.2) is 15.0 Å². The van der Waals surface area contributed by atoms with Crippen molar-refractivity contribution in [1.29, 1.82) is 0 Å². The van der Waals surface area contributed by atoms with Crippen molar-refractivity contribution >= 4 is 21.9 Å². The molecule has 0 fully saturated rings. The van der Waals surface area contributed by atoms with E-state index >= 15 is 0 Å². The fourth-order valence-electron chi connectivity index (χ4n) is 7.33. The predicted octanol–water partition coefficient (Wildman–Crippen LogP) is 13.4. The van der Waals surface area contributed by atoms with Gasteiger partial charge in [-0.25, -0.2) is 15.0 Å². The molecule has 0 amide bonds. The monoisotopic (exact) mass is 703 g/mol. The van der Waals surface area contributed by atoms with Crippen molar-refractivity contribution in [2.45, 2.75) is 0 Å². The molecule has 0 aliphatic rings. The number of hydrogen-bond donors (Lipinski definition) is 0. The predicted molar refractivity (Wildman–Crippen MR) is 225 cm³/mol. The van der Waals surface area contributed by atoms with Gasteiger partial charge in [0.05, 0.1) is 0 Å². The Bertz CT molecular complexity index is 2940. The van der Waals surface area contributed by atoms with Crippen LogP contribution in [0.1, 0.15) is 0 Å². The molecule has 0 saturated carbocycles. The van der Waals surface area contributed by atoms with E-state index in [0.717, 1.165) is 72.0 Å². The van der Waals surface area contributed by atoms with E-state index in [1.807, 2.05) is 54.6 Å². The lowest BCUT2D eigenvalue weighted by Gasteiger charge is -2.13.